The normalized spacial score (nSPS) is 10.4. The van der Waals surface area contributed by atoms with Crippen LogP contribution in [0.3, 0.4) is 0 Å². The van der Waals surface area contributed by atoms with Gasteiger partial charge in [-0.15, -0.1) is 16.8 Å². The lowest BCUT2D eigenvalue weighted by Crippen LogP contribution is -2.17. The van der Waals surface area contributed by atoms with Crippen LogP contribution in [0, 0.1) is 0 Å². The molecule has 5 nitrogen and oxygen atoms in total. The average Bonchev–Trinajstić information content (AvgIpc) is 2.63. The molecule has 1 heterocycles. The zero-order valence-electron chi connectivity index (χ0n) is 8.44. The van der Waals surface area contributed by atoms with Crippen molar-refractivity contribution in [1.29, 1.82) is 0 Å². The van der Waals surface area contributed by atoms with Crippen molar-refractivity contribution >= 4 is 0 Å². The lowest BCUT2D eigenvalue weighted by atomic mass is 10.5. The summed E-state index contributed by atoms with van der Waals surface area (Å²) in [7, 11) is 1.68. The standard InChI is InChI=1S/C9H16N4O/c1-3-4-10-7-9-12-11-8-13(9)5-6-14-2/h3,8,10H,1,4-7H2,2H3. The van der Waals surface area contributed by atoms with Gasteiger partial charge in [-0.1, -0.05) is 6.08 Å². The van der Waals surface area contributed by atoms with Crippen LogP contribution in [-0.4, -0.2) is 35.0 Å². The molecule has 0 aliphatic carbocycles. The van der Waals surface area contributed by atoms with Gasteiger partial charge in [0.05, 0.1) is 13.2 Å². The fourth-order valence-corrected chi connectivity index (χ4v) is 1.08. The number of ether oxygens (including phenoxy) is 1. The van der Waals surface area contributed by atoms with E-state index in [4.69, 9.17) is 4.74 Å². The Morgan fingerprint density at radius 1 is 1.71 bits per heavy atom. The van der Waals surface area contributed by atoms with Gasteiger partial charge in [-0.05, 0) is 0 Å². The molecule has 0 aliphatic heterocycles. The summed E-state index contributed by atoms with van der Waals surface area (Å²) in [6.45, 7) is 6.56. The summed E-state index contributed by atoms with van der Waals surface area (Å²) in [6.07, 6.45) is 3.53. The Morgan fingerprint density at radius 3 is 3.29 bits per heavy atom. The molecule has 0 saturated carbocycles. The number of aromatic nitrogens is 3. The second-order valence-corrected chi connectivity index (χ2v) is 2.85. The second-order valence-electron chi connectivity index (χ2n) is 2.85. The number of nitrogens with one attached hydrogen (secondary N) is 1. The van der Waals surface area contributed by atoms with Gasteiger partial charge in [-0.2, -0.15) is 0 Å². The Kier molecular flexibility index (Phi) is 4.88. The molecule has 14 heavy (non-hydrogen) atoms. The van der Waals surface area contributed by atoms with E-state index in [-0.39, 0.29) is 0 Å². The monoisotopic (exact) mass is 196 g/mol. The Hall–Kier alpha value is -1.20. The van der Waals surface area contributed by atoms with Gasteiger partial charge in [-0.25, -0.2) is 0 Å². The summed E-state index contributed by atoms with van der Waals surface area (Å²) in [5.74, 6) is 0.920. The molecule has 0 atom stereocenters. The quantitative estimate of drug-likeness (QED) is 0.500. The van der Waals surface area contributed by atoms with Crippen LogP contribution < -0.4 is 5.32 Å². The fraction of sp³-hybridized carbons (Fsp3) is 0.556. The first-order valence-electron chi connectivity index (χ1n) is 4.55. The smallest absolute Gasteiger partial charge is 0.146 e. The van der Waals surface area contributed by atoms with Crippen molar-refractivity contribution in [2.75, 3.05) is 20.3 Å². The molecule has 1 aromatic rings. The van der Waals surface area contributed by atoms with Gasteiger partial charge in [-0.3, -0.25) is 0 Å². The third-order valence-corrected chi connectivity index (χ3v) is 1.80. The molecule has 1 aromatic heterocycles. The van der Waals surface area contributed by atoms with Crippen LogP contribution in [0.25, 0.3) is 0 Å². The first-order valence-corrected chi connectivity index (χ1v) is 4.55. The van der Waals surface area contributed by atoms with E-state index in [1.54, 1.807) is 13.4 Å². The summed E-state index contributed by atoms with van der Waals surface area (Å²) < 4.78 is 6.95. The molecule has 0 radical (unpaired) electrons. The van der Waals surface area contributed by atoms with E-state index in [2.05, 4.69) is 22.1 Å². The zero-order chi connectivity index (χ0) is 10.2. The topological polar surface area (TPSA) is 52.0 Å². The third kappa shape index (κ3) is 3.27. The van der Waals surface area contributed by atoms with Gasteiger partial charge in [0.25, 0.3) is 0 Å². The molecule has 78 valence electrons. The van der Waals surface area contributed by atoms with Gasteiger partial charge in [0, 0.05) is 20.2 Å². The van der Waals surface area contributed by atoms with E-state index in [9.17, 15) is 0 Å². The number of nitrogens with zero attached hydrogens (tertiary/aromatic N) is 3. The van der Waals surface area contributed by atoms with Gasteiger partial charge in [0.15, 0.2) is 0 Å². The van der Waals surface area contributed by atoms with Crippen LogP contribution in [0.5, 0.6) is 0 Å². The van der Waals surface area contributed by atoms with Crippen LogP contribution in [0.4, 0.5) is 0 Å². The number of rotatable bonds is 7. The lowest BCUT2D eigenvalue weighted by molar-refractivity contribution is 0.186. The van der Waals surface area contributed by atoms with Gasteiger partial charge in [0.2, 0.25) is 0 Å². The first kappa shape index (κ1) is 10.9. The Bertz CT molecular complexity index is 272. The van der Waals surface area contributed by atoms with Gasteiger partial charge in [0.1, 0.15) is 12.2 Å². The molecule has 0 bridgehead atoms. The van der Waals surface area contributed by atoms with Crippen molar-refractivity contribution in [2.45, 2.75) is 13.1 Å². The summed E-state index contributed by atoms with van der Waals surface area (Å²) in [4.78, 5) is 0. The highest BCUT2D eigenvalue weighted by atomic mass is 16.5. The fourth-order valence-electron chi connectivity index (χ4n) is 1.08. The minimum atomic E-state index is 0.673. The highest BCUT2D eigenvalue weighted by Crippen LogP contribution is 1.94. The number of hydrogen-bond acceptors (Lipinski definition) is 4. The molecule has 0 aliphatic rings. The predicted molar refractivity (Wildman–Crippen MR) is 53.8 cm³/mol. The zero-order valence-corrected chi connectivity index (χ0v) is 8.44. The van der Waals surface area contributed by atoms with Crippen LogP contribution >= 0.6 is 0 Å². The predicted octanol–water partition coefficient (Wildman–Crippen LogP) is 0.200. The van der Waals surface area contributed by atoms with E-state index < -0.39 is 0 Å². The Labute approximate surface area is 83.8 Å². The molecule has 0 fully saturated rings. The maximum absolute atomic E-state index is 4.98. The average molecular weight is 196 g/mol. The molecule has 1 rings (SSSR count). The first-order chi connectivity index (χ1) is 6.88. The van der Waals surface area contributed by atoms with E-state index >= 15 is 0 Å². The molecular weight excluding hydrogens is 180 g/mol. The van der Waals surface area contributed by atoms with Crippen molar-refractivity contribution in [3.8, 4) is 0 Å². The van der Waals surface area contributed by atoms with E-state index in [1.165, 1.54) is 0 Å². The molecule has 0 amide bonds. The summed E-state index contributed by atoms with van der Waals surface area (Å²) >= 11 is 0. The van der Waals surface area contributed by atoms with E-state index in [0.29, 0.717) is 13.2 Å². The Morgan fingerprint density at radius 2 is 2.57 bits per heavy atom. The molecule has 0 saturated heterocycles. The van der Waals surface area contributed by atoms with E-state index in [1.807, 2.05) is 10.6 Å². The maximum Gasteiger partial charge on any atom is 0.146 e. The van der Waals surface area contributed by atoms with Crippen LogP contribution in [0.2, 0.25) is 0 Å². The van der Waals surface area contributed by atoms with Gasteiger partial charge < -0.3 is 14.6 Å². The highest BCUT2D eigenvalue weighted by molar-refractivity contribution is 4.86. The highest BCUT2D eigenvalue weighted by Gasteiger charge is 2.01. The molecule has 0 spiro atoms. The maximum atomic E-state index is 4.98. The minimum absolute atomic E-state index is 0.673. The summed E-state index contributed by atoms with van der Waals surface area (Å²) in [6, 6.07) is 0. The van der Waals surface area contributed by atoms with Crippen molar-refractivity contribution in [1.82, 2.24) is 20.1 Å². The number of hydrogen-bond donors (Lipinski definition) is 1. The van der Waals surface area contributed by atoms with Crippen LogP contribution in [0.15, 0.2) is 19.0 Å². The van der Waals surface area contributed by atoms with Crippen molar-refractivity contribution in [3.05, 3.63) is 24.8 Å². The van der Waals surface area contributed by atoms with Gasteiger partial charge >= 0.3 is 0 Å². The summed E-state index contributed by atoms with van der Waals surface area (Å²) in [5.41, 5.74) is 0. The molecule has 1 N–H and O–H groups in total. The third-order valence-electron chi connectivity index (χ3n) is 1.80. The summed E-state index contributed by atoms with van der Waals surface area (Å²) in [5, 5.41) is 11.0. The minimum Gasteiger partial charge on any atom is -0.383 e. The van der Waals surface area contributed by atoms with Crippen molar-refractivity contribution < 1.29 is 4.74 Å². The molecule has 5 heteroatoms. The van der Waals surface area contributed by atoms with Crippen molar-refractivity contribution in [3.63, 3.8) is 0 Å². The number of methoxy groups -OCH3 is 1. The Balaban J connectivity index is 2.40. The SMILES string of the molecule is C=CCNCc1nncn1CCOC. The largest absolute Gasteiger partial charge is 0.383 e. The van der Waals surface area contributed by atoms with Crippen LogP contribution in [0.1, 0.15) is 5.82 Å². The van der Waals surface area contributed by atoms with Crippen LogP contribution in [-0.2, 0) is 17.8 Å². The molecular formula is C9H16N4O. The molecule has 0 unspecified atom stereocenters. The molecule has 0 aromatic carbocycles. The van der Waals surface area contributed by atoms with E-state index in [0.717, 1.165) is 18.9 Å². The lowest BCUT2D eigenvalue weighted by Gasteiger charge is -2.05. The second kappa shape index (κ2) is 6.28. The van der Waals surface area contributed by atoms with Crippen molar-refractivity contribution in [2.24, 2.45) is 0 Å².